The Hall–Kier alpha value is -2.24. The SMILES string of the molecule is Cc1ccc([C@H](C[NH+]2CCOCC2)NS(=O)(=O)c2ccc(C#N)cc2)cc1. The fraction of sp³-hybridized carbons (Fsp3) is 0.350. The molecular weight excluding hydrogens is 362 g/mol. The molecule has 0 aromatic heterocycles. The van der Waals surface area contributed by atoms with Crippen LogP contribution in [0.5, 0.6) is 0 Å². The van der Waals surface area contributed by atoms with Crippen molar-refractivity contribution in [1.29, 1.82) is 5.26 Å². The van der Waals surface area contributed by atoms with Crippen LogP contribution < -0.4 is 9.62 Å². The lowest BCUT2D eigenvalue weighted by Crippen LogP contribution is -3.14. The van der Waals surface area contributed by atoms with Gasteiger partial charge in [0.25, 0.3) is 0 Å². The maximum absolute atomic E-state index is 12.9. The molecule has 0 aliphatic carbocycles. The molecular formula is C20H24N3O3S+. The first-order valence-corrected chi connectivity index (χ1v) is 10.5. The lowest BCUT2D eigenvalue weighted by molar-refractivity contribution is -0.909. The highest BCUT2D eigenvalue weighted by atomic mass is 32.2. The summed E-state index contributed by atoms with van der Waals surface area (Å²) in [5.41, 5.74) is 2.50. The van der Waals surface area contributed by atoms with Crippen LogP contribution in [0.15, 0.2) is 53.4 Å². The van der Waals surface area contributed by atoms with E-state index in [0.29, 0.717) is 25.3 Å². The first-order chi connectivity index (χ1) is 13.0. The van der Waals surface area contributed by atoms with Gasteiger partial charge in [0.2, 0.25) is 10.0 Å². The molecule has 0 amide bonds. The van der Waals surface area contributed by atoms with E-state index in [9.17, 15) is 8.42 Å². The first kappa shape index (κ1) is 19.5. The molecule has 142 valence electrons. The number of rotatable bonds is 6. The summed E-state index contributed by atoms with van der Waals surface area (Å²) < 4.78 is 34.1. The second kappa shape index (κ2) is 8.63. The number of ether oxygens (including phenoxy) is 1. The van der Waals surface area contributed by atoms with E-state index in [1.54, 1.807) is 0 Å². The van der Waals surface area contributed by atoms with Gasteiger partial charge >= 0.3 is 0 Å². The molecule has 1 aliphatic rings. The van der Waals surface area contributed by atoms with E-state index in [1.807, 2.05) is 37.3 Å². The minimum atomic E-state index is -3.70. The zero-order valence-electron chi connectivity index (χ0n) is 15.3. The Balaban J connectivity index is 1.84. The van der Waals surface area contributed by atoms with Crippen LogP contribution in [0.2, 0.25) is 0 Å². The number of morpholine rings is 1. The van der Waals surface area contributed by atoms with Crippen molar-refractivity contribution < 1.29 is 18.1 Å². The standard InChI is InChI=1S/C20H23N3O3S/c1-16-2-6-18(7-3-16)20(15-23-10-12-26-13-11-23)22-27(24,25)19-8-4-17(14-21)5-9-19/h2-9,20,22H,10-13,15H2,1H3/p+1/t20-/m0/s1. The first-order valence-electron chi connectivity index (χ1n) is 8.98. The fourth-order valence-corrected chi connectivity index (χ4v) is 4.37. The molecule has 27 heavy (non-hydrogen) atoms. The van der Waals surface area contributed by atoms with Crippen LogP contribution in [0.4, 0.5) is 0 Å². The van der Waals surface area contributed by atoms with Gasteiger partial charge in [0, 0.05) is 0 Å². The Kier molecular flexibility index (Phi) is 6.24. The summed E-state index contributed by atoms with van der Waals surface area (Å²) in [5.74, 6) is 0. The van der Waals surface area contributed by atoms with E-state index in [1.165, 1.54) is 29.2 Å². The van der Waals surface area contributed by atoms with E-state index in [0.717, 1.165) is 24.2 Å². The molecule has 7 heteroatoms. The highest BCUT2D eigenvalue weighted by Gasteiger charge is 2.26. The Morgan fingerprint density at radius 1 is 1.11 bits per heavy atom. The third kappa shape index (κ3) is 5.15. The summed E-state index contributed by atoms with van der Waals surface area (Å²) in [4.78, 5) is 1.48. The monoisotopic (exact) mass is 386 g/mol. The van der Waals surface area contributed by atoms with E-state index >= 15 is 0 Å². The maximum Gasteiger partial charge on any atom is 0.241 e. The number of sulfonamides is 1. The largest absolute Gasteiger partial charge is 0.370 e. The molecule has 1 aliphatic heterocycles. The Labute approximate surface area is 160 Å². The summed E-state index contributed by atoms with van der Waals surface area (Å²) in [7, 11) is -3.70. The smallest absolute Gasteiger partial charge is 0.241 e. The number of quaternary nitrogens is 1. The van der Waals surface area contributed by atoms with Crippen LogP contribution in [0.3, 0.4) is 0 Å². The molecule has 1 atom stereocenters. The number of benzene rings is 2. The molecule has 2 aromatic carbocycles. The van der Waals surface area contributed by atoms with Gasteiger partial charge in [-0.15, -0.1) is 0 Å². The quantitative estimate of drug-likeness (QED) is 0.769. The van der Waals surface area contributed by atoms with Gasteiger partial charge < -0.3 is 9.64 Å². The summed E-state index contributed by atoms with van der Waals surface area (Å²) in [6.45, 7) is 5.77. The van der Waals surface area contributed by atoms with Gasteiger partial charge in [0.1, 0.15) is 13.1 Å². The van der Waals surface area contributed by atoms with E-state index in [-0.39, 0.29) is 10.9 Å². The van der Waals surface area contributed by atoms with Gasteiger partial charge in [-0.05, 0) is 36.8 Å². The predicted octanol–water partition coefficient (Wildman–Crippen LogP) is 0.801. The molecule has 1 heterocycles. The van der Waals surface area contributed by atoms with Crippen molar-refractivity contribution in [2.75, 3.05) is 32.8 Å². The van der Waals surface area contributed by atoms with Crippen molar-refractivity contribution in [3.05, 3.63) is 65.2 Å². The number of nitrogens with zero attached hydrogens (tertiary/aromatic N) is 1. The lowest BCUT2D eigenvalue weighted by atomic mass is 10.1. The molecule has 0 bridgehead atoms. The highest BCUT2D eigenvalue weighted by Crippen LogP contribution is 2.18. The molecule has 2 aromatic rings. The average molecular weight is 386 g/mol. The highest BCUT2D eigenvalue weighted by molar-refractivity contribution is 7.89. The van der Waals surface area contributed by atoms with Crippen molar-refractivity contribution in [2.45, 2.75) is 17.9 Å². The van der Waals surface area contributed by atoms with Crippen LogP contribution in [0, 0.1) is 18.3 Å². The maximum atomic E-state index is 12.9. The molecule has 1 fully saturated rings. The number of nitrogens with one attached hydrogen (secondary N) is 2. The second-order valence-electron chi connectivity index (χ2n) is 6.79. The normalized spacial score (nSPS) is 16.6. The summed E-state index contributed by atoms with van der Waals surface area (Å²) in [6, 6.07) is 15.6. The Morgan fingerprint density at radius 3 is 2.33 bits per heavy atom. The van der Waals surface area contributed by atoms with Gasteiger partial charge in [-0.25, -0.2) is 8.42 Å². The van der Waals surface area contributed by atoms with Crippen molar-refractivity contribution >= 4 is 10.0 Å². The van der Waals surface area contributed by atoms with Gasteiger partial charge in [0.05, 0.1) is 42.3 Å². The van der Waals surface area contributed by atoms with Crippen LogP contribution in [-0.4, -0.2) is 41.3 Å². The third-order valence-corrected chi connectivity index (χ3v) is 6.25. The van der Waals surface area contributed by atoms with Crippen LogP contribution >= 0.6 is 0 Å². The summed E-state index contributed by atoms with van der Waals surface area (Å²) >= 11 is 0. The molecule has 2 N–H and O–H groups in total. The van der Waals surface area contributed by atoms with Gasteiger partial charge in [-0.2, -0.15) is 9.98 Å². The Bertz CT molecular complexity index is 897. The lowest BCUT2D eigenvalue weighted by Gasteiger charge is -2.28. The predicted molar refractivity (Wildman–Crippen MR) is 102 cm³/mol. The van der Waals surface area contributed by atoms with Gasteiger partial charge in [0.15, 0.2) is 0 Å². The van der Waals surface area contributed by atoms with Crippen molar-refractivity contribution in [2.24, 2.45) is 0 Å². The number of hydrogen-bond acceptors (Lipinski definition) is 4. The number of aryl methyl sites for hydroxylation is 1. The minimum Gasteiger partial charge on any atom is -0.370 e. The van der Waals surface area contributed by atoms with Crippen molar-refractivity contribution in [1.82, 2.24) is 4.72 Å². The second-order valence-corrected chi connectivity index (χ2v) is 8.50. The average Bonchev–Trinajstić information content (AvgIpc) is 2.69. The molecule has 6 nitrogen and oxygen atoms in total. The topological polar surface area (TPSA) is 83.6 Å². The molecule has 0 unspecified atom stereocenters. The van der Waals surface area contributed by atoms with Gasteiger partial charge in [-0.3, -0.25) is 0 Å². The summed E-state index contributed by atoms with van der Waals surface area (Å²) in [5, 5.41) is 8.90. The molecule has 3 rings (SSSR count). The van der Waals surface area contributed by atoms with E-state index in [2.05, 4.69) is 4.72 Å². The molecule has 0 radical (unpaired) electrons. The van der Waals surface area contributed by atoms with Crippen LogP contribution in [0.1, 0.15) is 22.7 Å². The van der Waals surface area contributed by atoms with Gasteiger partial charge in [-0.1, -0.05) is 29.8 Å². The molecule has 0 saturated carbocycles. The van der Waals surface area contributed by atoms with E-state index < -0.39 is 10.0 Å². The zero-order valence-corrected chi connectivity index (χ0v) is 16.1. The van der Waals surface area contributed by atoms with Crippen LogP contribution in [-0.2, 0) is 14.8 Å². The van der Waals surface area contributed by atoms with Crippen molar-refractivity contribution in [3.8, 4) is 6.07 Å². The number of hydrogen-bond donors (Lipinski definition) is 2. The Morgan fingerprint density at radius 2 is 1.74 bits per heavy atom. The minimum absolute atomic E-state index is 0.163. The number of nitriles is 1. The molecule has 0 spiro atoms. The van der Waals surface area contributed by atoms with Crippen molar-refractivity contribution in [3.63, 3.8) is 0 Å². The molecule has 1 saturated heterocycles. The summed E-state index contributed by atoms with van der Waals surface area (Å²) in [6.07, 6.45) is 0. The van der Waals surface area contributed by atoms with E-state index in [4.69, 9.17) is 10.00 Å². The third-order valence-electron chi connectivity index (χ3n) is 4.76. The van der Waals surface area contributed by atoms with Crippen LogP contribution in [0.25, 0.3) is 0 Å². The fourth-order valence-electron chi connectivity index (χ4n) is 3.14. The zero-order chi connectivity index (χ0) is 19.3.